The largest absolute Gasteiger partial charge is 0.457 e. The molecule has 9 nitrogen and oxygen atoms in total. The van der Waals surface area contributed by atoms with Gasteiger partial charge in [-0.1, -0.05) is 18.2 Å². The van der Waals surface area contributed by atoms with Crippen molar-refractivity contribution in [1.82, 2.24) is 23.1 Å². The van der Waals surface area contributed by atoms with Crippen LogP contribution in [0.15, 0.2) is 70.4 Å². The molecule has 0 aliphatic rings. The summed E-state index contributed by atoms with van der Waals surface area (Å²) in [5.41, 5.74) is 1.67. The number of nitrogens with zero attached hydrogens (tertiary/aromatic N) is 5. The lowest BCUT2D eigenvalue weighted by Crippen LogP contribution is -2.40. The van der Waals surface area contributed by atoms with Crippen LogP contribution in [0.4, 0.5) is 0 Å². The third-order valence-corrected chi connectivity index (χ3v) is 5.76. The van der Waals surface area contributed by atoms with Crippen LogP contribution in [0.1, 0.15) is 12.6 Å². The molecule has 5 rings (SSSR count). The summed E-state index contributed by atoms with van der Waals surface area (Å²) >= 11 is 0. The molecule has 0 spiro atoms. The molecule has 0 saturated heterocycles. The third kappa shape index (κ3) is 3.60. The molecule has 0 aliphatic heterocycles. The van der Waals surface area contributed by atoms with Crippen molar-refractivity contribution in [3.8, 4) is 17.2 Å². The average molecular weight is 460 g/mol. The van der Waals surface area contributed by atoms with Gasteiger partial charge in [-0.3, -0.25) is 22.9 Å². The maximum absolute atomic E-state index is 13.3. The van der Waals surface area contributed by atoms with E-state index in [0.29, 0.717) is 29.3 Å². The van der Waals surface area contributed by atoms with E-state index in [1.807, 2.05) is 79.2 Å². The van der Waals surface area contributed by atoms with Crippen molar-refractivity contribution in [2.24, 2.45) is 7.05 Å². The number of hydrogen-bond donors (Lipinski definition) is 0. The summed E-state index contributed by atoms with van der Waals surface area (Å²) in [6, 6.07) is 17.2. The van der Waals surface area contributed by atoms with Crippen LogP contribution in [0.5, 0.6) is 11.5 Å². The number of benzene rings is 2. The van der Waals surface area contributed by atoms with E-state index in [2.05, 4.69) is 4.98 Å². The highest BCUT2D eigenvalue weighted by atomic mass is 16.5. The van der Waals surface area contributed by atoms with E-state index in [0.717, 1.165) is 17.1 Å². The van der Waals surface area contributed by atoms with Gasteiger partial charge in [-0.25, -0.2) is 4.79 Å². The Morgan fingerprint density at radius 3 is 2.38 bits per heavy atom. The molecule has 0 fully saturated rings. The number of rotatable bonds is 7. The van der Waals surface area contributed by atoms with Gasteiger partial charge in [-0.15, -0.1) is 0 Å². The zero-order chi connectivity index (χ0) is 23.8. The minimum Gasteiger partial charge on any atom is -0.457 e. The van der Waals surface area contributed by atoms with Gasteiger partial charge in [0.2, 0.25) is 5.78 Å². The van der Waals surface area contributed by atoms with Gasteiger partial charge >= 0.3 is 5.69 Å². The molecule has 9 heteroatoms. The first-order chi connectivity index (χ1) is 16.5. The average Bonchev–Trinajstić information content (AvgIpc) is 3.36. The number of fused-ring (bicyclic) bond motifs is 3. The van der Waals surface area contributed by atoms with E-state index in [4.69, 9.17) is 9.47 Å². The molecule has 0 atom stereocenters. The fraction of sp³-hybridized carbons (Fsp3) is 0.240. The fourth-order valence-corrected chi connectivity index (χ4v) is 4.11. The number of ether oxygens (including phenoxy) is 2. The van der Waals surface area contributed by atoms with Crippen molar-refractivity contribution in [2.45, 2.75) is 20.4 Å². The number of para-hydroxylation sites is 1. The molecule has 3 aromatic heterocycles. The van der Waals surface area contributed by atoms with Crippen LogP contribution in [0.3, 0.4) is 0 Å². The summed E-state index contributed by atoms with van der Waals surface area (Å²) < 4.78 is 17.5. The molecule has 0 unspecified atom stereocenters. The van der Waals surface area contributed by atoms with Crippen LogP contribution in [-0.2, 0) is 18.3 Å². The first-order valence-corrected chi connectivity index (χ1v) is 11.1. The van der Waals surface area contributed by atoms with Crippen molar-refractivity contribution in [2.75, 3.05) is 13.2 Å². The summed E-state index contributed by atoms with van der Waals surface area (Å²) in [5.74, 6) is 2.03. The molecule has 2 aromatic carbocycles. The number of imidazole rings is 2. The van der Waals surface area contributed by atoms with Crippen LogP contribution in [0.2, 0.25) is 0 Å². The molecule has 0 bridgehead atoms. The molecular formula is C25H25N5O4. The lowest BCUT2D eigenvalue weighted by Gasteiger charge is -2.09. The Labute approximate surface area is 195 Å². The Hall–Kier alpha value is -4.11. The standard InChI is InChI=1S/C25H25N5O4/c1-4-33-15-14-28-23(31)21-22(27(3)25(28)32)26-24-29(21)16-17(2)30(24)18-10-12-20(13-11-18)34-19-8-6-5-7-9-19/h5-13,16H,4,14-15H2,1-3H3. The molecule has 0 aliphatic carbocycles. The van der Waals surface area contributed by atoms with E-state index >= 15 is 0 Å². The van der Waals surface area contributed by atoms with E-state index in [9.17, 15) is 9.59 Å². The van der Waals surface area contributed by atoms with Crippen LogP contribution in [-0.4, -0.2) is 36.3 Å². The molecule has 0 N–H and O–H groups in total. The molecule has 3 heterocycles. The second-order valence-corrected chi connectivity index (χ2v) is 7.96. The number of hydrogen-bond acceptors (Lipinski definition) is 5. The molecule has 5 aromatic rings. The normalized spacial score (nSPS) is 11.5. The van der Waals surface area contributed by atoms with Gasteiger partial charge in [0.15, 0.2) is 11.2 Å². The van der Waals surface area contributed by atoms with E-state index in [1.165, 1.54) is 9.13 Å². The Kier molecular flexibility index (Phi) is 5.54. The zero-order valence-electron chi connectivity index (χ0n) is 19.3. The molecule has 0 saturated carbocycles. The lowest BCUT2D eigenvalue weighted by atomic mass is 10.3. The summed E-state index contributed by atoms with van der Waals surface area (Å²) in [5, 5.41) is 0. The summed E-state index contributed by atoms with van der Waals surface area (Å²) in [7, 11) is 1.63. The van der Waals surface area contributed by atoms with E-state index in [-0.39, 0.29) is 18.7 Å². The van der Waals surface area contributed by atoms with Crippen LogP contribution < -0.4 is 16.0 Å². The van der Waals surface area contributed by atoms with Crippen molar-refractivity contribution >= 4 is 16.9 Å². The maximum atomic E-state index is 13.3. The lowest BCUT2D eigenvalue weighted by molar-refractivity contribution is 0.137. The van der Waals surface area contributed by atoms with Crippen molar-refractivity contribution in [1.29, 1.82) is 0 Å². The third-order valence-electron chi connectivity index (χ3n) is 5.76. The predicted octanol–water partition coefficient (Wildman–Crippen LogP) is 3.28. The molecular weight excluding hydrogens is 434 g/mol. The highest BCUT2D eigenvalue weighted by molar-refractivity contribution is 5.76. The van der Waals surface area contributed by atoms with Crippen LogP contribution in [0, 0.1) is 6.92 Å². The minimum atomic E-state index is -0.413. The SMILES string of the molecule is CCOCCn1c(=O)c2c(nc3n(-c4ccc(Oc5ccccc5)cc4)c(C)cn23)n(C)c1=O. The molecule has 0 amide bonds. The monoisotopic (exact) mass is 459 g/mol. The van der Waals surface area contributed by atoms with Gasteiger partial charge in [0.1, 0.15) is 11.5 Å². The van der Waals surface area contributed by atoms with Gasteiger partial charge in [0, 0.05) is 31.2 Å². The highest BCUT2D eigenvalue weighted by Gasteiger charge is 2.20. The van der Waals surface area contributed by atoms with Crippen LogP contribution >= 0.6 is 0 Å². The predicted molar refractivity (Wildman–Crippen MR) is 129 cm³/mol. The first-order valence-electron chi connectivity index (χ1n) is 11.1. The zero-order valence-corrected chi connectivity index (χ0v) is 19.3. The van der Waals surface area contributed by atoms with E-state index in [1.54, 1.807) is 11.4 Å². The van der Waals surface area contributed by atoms with Gasteiger partial charge < -0.3 is 9.47 Å². The topological polar surface area (TPSA) is 84.7 Å². The van der Waals surface area contributed by atoms with Gasteiger partial charge in [-0.05, 0) is 50.2 Å². The Balaban J connectivity index is 1.60. The number of aryl methyl sites for hydroxylation is 2. The van der Waals surface area contributed by atoms with Crippen molar-refractivity contribution in [3.05, 3.63) is 87.3 Å². The van der Waals surface area contributed by atoms with Crippen molar-refractivity contribution < 1.29 is 9.47 Å². The Bertz CT molecular complexity index is 1590. The summed E-state index contributed by atoms with van der Waals surface area (Å²) in [6.07, 6.45) is 1.86. The number of aromatic nitrogens is 5. The van der Waals surface area contributed by atoms with Gasteiger partial charge in [0.05, 0.1) is 13.2 Å². The smallest absolute Gasteiger partial charge is 0.332 e. The van der Waals surface area contributed by atoms with E-state index < -0.39 is 5.69 Å². The highest BCUT2D eigenvalue weighted by Crippen LogP contribution is 2.25. The van der Waals surface area contributed by atoms with Gasteiger partial charge in [-0.2, -0.15) is 4.98 Å². The summed E-state index contributed by atoms with van der Waals surface area (Å²) in [4.78, 5) is 30.7. The Morgan fingerprint density at radius 2 is 1.68 bits per heavy atom. The van der Waals surface area contributed by atoms with Crippen molar-refractivity contribution in [3.63, 3.8) is 0 Å². The second kappa shape index (κ2) is 8.68. The van der Waals surface area contributed by atoms with Crippen LogP contribution in [0.25, 0.3) is 22.6 Å². The maximum Gasteiger partial charge on any atom is 0.332 e. The fourth-order valence-electron chi connectivity index (χ4n) is 4.11. The molecule has 174 valence electrons. The molecule has 0 radical (unpaired) electrons. The Morgan fingerprint density at radius 1 is 0.971 bits per heavy atom. The minimum absolute atomic E-state index is 0.186. The van der Waals surface area contributed by atoms with Gasteiger partial charge in [0.25, 0.3) is 5.56 Å². The molecule has 34 heavy (non-hydrogen) atoms. The second-order valence-electron chi connectivity index (χ2n) is 7.96. The summed E-state index contributed by atoms with van der Waals surface area (Å²) in [6.45, 7) is 4.81. The first kappa shape index (κ1) is 21.7. The quantitative estimate of drug-likeness (QED) is 0.349.